The SMILES string of the molecule is O=C(c1ccc(CSc2c(Cl)ccc3c2CCNCC3)cc1)c1cccnc1. The Morgan fingerprint density at radius 3 is 2.64 bits per heavy atom. The van der Waals surface area contributed by atoms with E-state index in [1.54, 1.807) is 36.3 Å². The zero-order chi connectivity index (χ0) is 19.3. The first-order chi connectivity index (χ1) is 13.7. The van der Waals surface area contributed by atoms with Crippen molar-refractivity contribution in [3.8, 4) is 0 Å². The average molecular weight is 409 g/mol. The number of thioether (sulfide) groups is 1. The largest absolute Gasteiger partial charge is 0.316 e. The average Bonchev–Trinajstić information content (AvgIpc) is 2.99. The number of ketones is 1. The first-order valence-electron chi connectivity index (χ1n) is 9.40. The molecule has 0 saturated carbocycles. The standard InChI is InChI=1S/C23H21ClN2OS/c24-21-8-7-17-9-12-25-13-10-20(17)23(21)28-15-16-3-5-18(6-4-16)22(27)19-2-1-11-26-14-19/h1-8,11,14,25H,9-10,12-13,15H2. The predicted octanol–water partition coefficient (Wildman–Crippen LogP) is 4.95. The van der Waals surface area contributed by atoms with E-state index in [-0.39, 0.29) is 5.78 Å². The van der Waals surface area contributed by atoms with Gasteiger partial charge in [-0.05, 0) is 60.8 Å². The van der Waals surface area contributed by atoms with E-state index < -0.39 is 0 Å². The number of aromatic nitrogens is 1. The van der Waals surface area contributed by atoms with Gasteiger partial charge in [0.05, 0.1) is 5.02 Å². The van der Waals surface area contributed by atoms with Gasteiger partial charge in [0.1, 0.15) is 0 Å². The fraction of sp³-hybridized carbons (Fsp3) is 0.217. The molecule has 0 bridgehead atoms. The second-order valence-electron chi connectivity index (χ2n) is 6.82. The van der Waals surface area contributed by atoms with Gasteiger partial charge in [0, 0.05) is 34.2 Å². The molecule has 2 aromatic carbocycles. The molecule has 1 aliphatic heterocycles. The Bertz CT molecular complexity index is 974. The van der Waals surface area contributed by atoms with E-state index in [0.29, 0.717) is 11.1 Å². The first-order valence-corrected chi connectivity index (χ1v) is 10.8. The molecular formula is C23H21ClN2OS. The van der Waals surface area contributed by atoms with Crippen LogP contribution in [-0.4, -0.2) is 23.9 Å². The van der Waals surface area contributed by atoms with Crippen molar-refractivity contribution in [2.75, 3.05) is 13.1 Å². The molecule has 0 unspecified atom stereocenters. The van der Waals surface area contributed by atoms with Crippen LogP contribution in [0.15, 0.2) is 65.8 Å². The molecule has 5 heteroatoms. The summed E-state index contributed by atoms with van der Waals surface area (Å²) in [5, 5.41) is 4.28. The molecule has 0 spiro atoms. The number of fused-ring (bicyclic) bond motifs is 1. The number of hydrogen-bond acceptors (Lipinski definition) is 4. The number of carbonyl (C=O) groups excluding carboxylic acids is 1. The molecule has 0 saturated heterocycles. The van der Waals surface area contributed by atoms with Crippen LogP contribution in [0.1, 0.15) is 32.6 Å². The van der Waals surface area contributed by atoms with Crippen molar-refractivity contribution in [3.63, 3.8) is 0 Å². The summed E-state index contributed by atoms with van der Waals surface area (Å²) in [6, 6.07) is 15.6. The fourth-order valence-corrected chi connectivity index (χ4v) is 4.89. The molecule has 1 aromatic heterocycles. The Labute approximate surface area is 174 Å². The molecule has 0 atom stereocenters. The maximum atomic E-state index is 12.5. The highest BCUT2D eigenvalue weighted by Gasteiger charge is 2.15. The number of halogens is 1. The Hall–Kier alpha value is -2.14. The summed E-state index contributed by atoms with van der Waals surface area (Å²) in [7, 11) is 0. The van der Waals surface area contributed by atoms with Crippen molar-refractivity contribution in [2.45, 2.75) is 23.5 Å². The van der Waals surface area contributed by atoms with Crippen LogP contribution in [-0.2, 0) is 18.6 Å². The molecule has 2 heterocycles. The summed E-state index contributed by atoms with van der Waals surface area (Å²) < 4.78 is 0. The van der Waals surface area contributed by atoms with Crippen molar-refractivity contribution >= 4 is 29.1 Å². The summed E-state index contributed by atoms with van der Waals surface area (Å²) in [5.41, 5.74) is 5.24. The third-order valence-corrected chi connectivity index (χ3v) is 6.62. The molecule has 1 N–H and O–H groups in total. The fourth-order valence-electron chi connectivity index (χ4n) is 3.44. The second kappa shape index (κ2) is 8.91. The molecule has 4 rings (SSSR count). The van der Waals surface area contributed by atoms with E-state index >= 15 is 0 Å². The Morgan fingerprint density at radius 1 is 1.04 bits per heavy atom. The summed E-state index contributed by atoms with van der Waals surface area (Å²) >= 11 is 8.30. The van der Waals surface area contributed by atoms with Gasteiger partial charge in [0.2, 0.25) is 0 Å². The van der Waals surface area contributed by atoms with E-state index in [1.807, 2.05) is 30.3 Å². The molecule has 28 heavy (non-hydrogen) atoms. The van der Waals surface area contributed by atoms with Crippen LogP contribution in [0.25, 0.3) is 0 Å². The smallest absolute Gasteiger partial charge is 0.194 e. The summed E-state index contributed by atoms with van der Waals surface area (Å²) in [6.07, 6.45) is 5.33. The van der Waals surface area contributed by atoms with E-state index in [9.17, 15) is 4.79 Å². The highest BCUT2D eigenvalue weighted by molar-refractivity contribution is 7.98. The number of pyridine rings is 1. The van der Waals surface area contributed by atoms with Crippen molar-refractivity contribution < 1.29 is 4.79 Å². The maximum Gasteiger partial charge on any atom is 0.194 e. The number of hydrogen-bond donors (Lipinski definition) is 1. The quantitative estimate of drug-likeness (QED) is 0.479. The third kappa shape index (κ3) is 4.30. The van der Waals surface area contributed by atoms with E-state index in [4.69, 9.17) is 11.6 Å². The Morgan fingerprint density at radius 2 is 1.86 bits per heavy atom. The number of nitrogens with one attached hydrogen (secondary N) is 1. The lowest BCUT2D eigenvalue weighted by Crippen LogP contribution is -2.16. The summed E-state index contributed by atoms with van der Waals surface area (Å²) in [5.74, 6) is 0.821. The number of carbonyl (C=O) groups is 1. The zero-order valence-corrected chi connectivity index (χ0v) is 17.0. The van der Waals surface area contributed by atoms with Gasteiger partial charge in [-0.15, -0.1) is 11.8 Å². The molecule has 142 valence electrons. The molecule has 3 aromatic rings. The maximum absolute atomic E-state index is 12.5. The van der Waals surface area contributed by atoms with E-state index in [1.165, 1.54) is 21.6 Å². The van der Waals surface area contributed by atoms with Gasteiger partial charge in [0.25, 0.3) is 0 Å². The second-order valence-corrected chi connectivity index (χ2v) is 8.21. The number of benzene rings is 2. The van der Waals surface area contributed by atoms with Crippen LogP contribution in [0, 0.1) is 0 Å². The van der Waals surface area contributed by atoms with Crippen LogP contribution < -0.4 is 5.32 Å². The Balaban J connectivity index is 1.48. The van der Waals surface area contributed by atoms with Crippen LogP contribution in [0.5, 0.6) is 0 Å². The predicted molar refractivity (Wildman–Crippen MR) is 115 cm³/mol. The van der Waals surface area contributed by atoms with Gasteiger partial charge in [-0.25, -0.2) is 0 Å². The molecule has 0 amide bonds. The summed E-state index contributed by atoms with van der Waals surface area (Å²) in [6.45, 7) is 2.01. The van der Waals surface area contributed by atoms with E-state index in [2.05, 4.69) is 16.4 Å². The van der Waals surface area contributed by atoms with Crippen molar-refractivity contribution in [3.05, 3.63) is 93.8 Å². The minimum atomic E-state index is -0.00349. The van der Waals surface area contributed by atoms with Crippen molar-refractivity contribution in [1.82, 2.24) is 10.3 Å². The highest BCUT2D eigenvalue weighted by atomic mass is 35.5. The molecule has 0 aliphatic carbocycles. The minimum Gasteiger partial charge on any atom is -0.316 e. The number of rotatable bonds is 5. The molecule has 1 aliphatic rings. The van der Waals surface area contributed by atoms with Gasteiger partial charge in [0.15, 0.2) is 5.78 Å². The van der Waals surface area contributed by atoms with E-state index in [0.717, 1.165) is 36.7 Å². The van der Waals surface area contributed by atoms with Crippen LogP contribution in [0.2, 0.25) is 5.02 Å². The van der Waals surface area contributed by atoms with Gasteiger partial charge < -0.3 is 5.32 Å². The minimum absolute atomic E-state index is 0.00349. The van der Waals surface area contributed by atoms with Gasteiger partial charge >= 0.3 is 0 Å². The van der Waals surface area contributed by atoms with Gasteiger partial charge in [-0.2, -0.15) is 0 Å². The molecular weight excluding hydrogens is 388 g/mol. The van der Waals surface area contributed by atoms with Gasteiger partial charge in [-0.1, -0.05) is 41.9 Å². The zero-order valence-electron chi connectivity index (χ0n) is 15.5. The number of nitrogens with zero attached hydrogens (tertiary/aromatic N) is 1. The van der Waals surface area contributed by atoms with Crippen molar-refractivity contribution in [2.24, 2.45) is 0 Å². The Kier molecular flexibility index (Phi) is 6.10. The normalized spacial score (nSPS) is 13.6. The third-order valence-electron chi connectivity index (χ3n) is 4.96. The lowest BCUT2D eigenvalue weighted by Gasteiger charge is -2.14. The lowest BCUT2D eigenvalue weighted by molar-refractivity contribution is 0.103. The summed E-state index contributed by atoms with van der Waals surface area (Å²) in [4.78, 5) is 17.7. The van der Waals surface area contributed by atoms with Crippen LogP contribution >= 0.6 is 23.4 Å². The van der Waals surface area contributed by atoms with Gasteiger partial charge in [-0.3, -0.25) is 9.78 Å². The monoisotopic (exact) mass is 408 g/mol. The molecule has 0 fully saturated rings. The van der Waals surface area contributed by atoms with Crippen LogP contribution in [0.4, 0.5) is 0 Å². The molecule has 0 radical (unpaired) electrons. The molecule has 3 nitrogen and oxygen atoms in total. The van der Waals surface area contributed by atoms with Crippen molar-refractivity contribution in [1.29, 1.82) is 0 Å². The highest BCUT2D eigenvalue weighted by Crippen LogP contribution is 2.36. The lowest BCUT2D eigenvalue weighted by atomic mass is 10.0. The topological polar surface area (TPSA) is 42.0 Å². The van der Waals surface area contributed by atoms with Crippen LogP contribution in [0.3, 0.4) is 0 Å². The first kappa shape index (κ1) is 19.2.